The second-order valence-electron chi connectivity index (χ2n) is 6.34. The van der Waals surface area contributed by atoms with E-state index in [1.165, 1.54) is 30.5 Å². The fourth-order valence-electron chi connectivity index (χ4n) is 3.18. The SMILES string of the molecule is O=C(COc1ccc(F)cc1Cl)NCC(c1ccccc1)N1CCCC1. The lowest BCUT2D eigenvalue weighted by atomic mass is 10.1. The van der Waals surface area contributed by atoms with Crippen LogP contribution in [0.15, 0.2) is 48.5 Å². The number of carbonyl (C=O) groups excluding carboxylic acids is 1. The zero-order valence-electron chi connectivity index (χ0n) is 14.5. The molecule has 4 nitrogen and oxygen atoms in total. The van der Waals surface area contributed by atoms with Gasteiger partial charge in [-0.3, -0.25) is 9.69 Å². The van der Waals surface area contributed by atoms with Crippen LogP contribution in [0.25, 0.3) is 0 Å². The first-order valence-electron chi connectivity index (χ1n) is 8.77. The molecule has 1 saturated heterocycles. The number of carbonyl (C=O) groups is 1. The fraction of sp³-hybridized carbons (Fsp3) is 0.350. The van der Waals surface area contributed by atoms with Crippen molar-refractivity contribution in [2.75, 3.05) is 26.2 Å². The highest BCUT2D eigenvalue weighted by atomic mass is 35.5. The Bertz CT molecular complexity index is 736. The summed E-state index contributed by atoms with van der Waals surface area (Å²) in [6.07, 6.45) is 2.37. The number of amides is 1. The van der Waals surface area contributed by atoms with E-state index in [1.807, 2.05) is 18.2 Å². The predicted molar refractivity (Wildman–Crippen MR) is 99.9 cm³/mol. The summed E-state index contributed by atoms with van der Waals surface area (Å²) in [5.41, 5.74) is 1.19. The van der Waals surface area contributed by atoms with E-state index in [9.17, 15) is 9.18 Å². The van der Waals surface area contributed by atoms with Gasteiger partial charge in [0.25, 0.3) is 5.91 Å². The Hall–Kier alpha value is -2.11. The molecule has 1 atom stereocenters. The summed E-state index contributed by atoms with van der Waals surface area (Å²) in [4.78, 5) is 14.6. The molecular weight excluding hydrogens is 355 g/mol. The standard InChI is InChI=1S/C20H22ClFN2O2/c21-17-12-16(22)8-9-19(17)26-14-20(25)23-13-18(24-10-4-5-11-24)15-6-2-1-3-7-15/h1-3,6-9,12,18H,4-5,10-11,13-14H2,(H,23,25). The Kier molecular flexibility index (Phi) is 6.47. The van der Waals surface area contributed by atoms with E-state index < -0.39 is 5.82 Å². The molecule has 1 N–H and O–H groups in total. The largest absolute Gasteiger partial charge is 0.482 e. The van der Waals surface area contributed by atoms with Gasteiger partial charge < -0.3 is 10.1 Å². The molecule has 2 aromatic rings. The molecule has 138 valence electrons. The number of hydrogen-bond acceptors (Lipinski definition) is 3. The molecule has 1 unspecified atom stereocenters. The monoisotopic (exact) mass is 376 g/mol. The molecule has 0 saturated carbocycles. The summed E-state index contributed by atoms with van der Waals surface area (Å²) in [5, 5.41) is 3.09. The highest BCUT2D eigenvalue weighted by Crippen LogP contribution is 2.25. The molecule has 1 heterocycles. The molecule has 1 amide bonds. The molecule has 3 rings (SSSR count). The number of hydrogen-bond donors (Lipinski definition) is 1. The van der Waals surface area contributed by atoms with E-state index in [4.69, 9.17) is 16.3 Å². The van der Waals surface area contributed by atoms with E-state index in [-0.39, 0.29) is 23.6 Å². The summed E-state index contributed by atoms with van der Waals surface area (Å²) < 4.78 is 18.4. The van der Waals surface area contributed by atoms with Gasteiger partial charge in [-0.1, -0.05) is 41.9 Å². The van der Waals surface area contributed by atoms with Crippen molar-refractivity contribution in [2.45, 2.75) is 18.9 Å². The highest BCUT2D eigenvalue weighted by Gasteiger charge is 2.23. The lowest BCUT2D eigenvalue weighted by molar-refractivity contribution is -0.123. The smallest absolute Gasteiger partial charge is 0.258 e. The molecule has 0 radical (unpaired) electrons. The maximum Gasteiger partial charge on any atom is 0.258 e. The van der Waals surface area contributed by atoms with E-state index in [1.54, 1.807) is 0 Å². The van der Waals surface area contributed by atoms with E-state index in [0.717, 1.165) is 19.2 Å². The lowest BCUT2D eigenvalue weighted by Crippen LogP contribution is -2.38. The maximum absolute atomic E-state index is 13.0. The summed E-state index contributed by atoms with van der Waals surface area (Å²) in [6, 6.07) is 14.2. The van der Waals surface area contributed by atoms with Gasteiger partial charge in [-0.05, 0) is 49.7 Å². The molecule has 0 aliphatic carbocycles. The van der Waals surface area contributed by atoms with E-state index in [2.05, 4.69) is 22.3 Å². The first-order valence-corrected chi connectivity index (χ1v) is 9.15. The first-order chi connectivity index (χ1) is 12.6. The zero-order chi connectivity index (χ0) is 18.4. The van der Waals surface area contributed by atoms with Crippen LogP contribution in [0.1, 0.15) is 24.4 Å². The van der Waals surface area contributed by atoms with Gasteiger partial charge in [-0.15, -0.1) is 0 Å². The Labute approximate surface area is 157 Å². The molecule has 1 fully saturated rings. The maximum atomic E-state index is 13.0. The third-order valence-corrected chi connectivity index (χ3v) is 4.81. The minimum Gasteiger partial charge on any atom is -0.482 e. The third-order valence-electron chi connectivity index (χ3n) is 4.51. The number of rotatable bonds is 7. The first kappa shape index (κ1) is 18.7. The van der Waals surface area contributed by atoms with Gasteiger partial charge >= 0.3 is 0 Å². The molecule has 0 bridgehead atoms. The van der Waals surface area contributed by atoms with Gasteiger partial charge in [0, 0.05) is 6.54 Å². The van der Waals surface area contributed by atoms with Crippen LogP contribution in [0.4, 0.5) is 4.39 Å². The van der Waals surface area contributed by atoms with Crippen LogP contribution in [0.3, 0.4) is 0 Å². The van der Waals surface area contributed by atoms with Gasteiger partial charge in [0.15, 0.2) is 6.61 Å². The summed E-state index contributed by atoms with van der Waals surface area (Å²) in [6.45, 7) is 2.43. The number of ether oxygens (including phenoxy) is 1. The fourth-order valence-corrected chi connectivity index (χ4v) is 3.41. The quantitative estimate of drug-likeness (QED) is 0.798. The Morgan fingerprint density at radius 2 is 1.92 bits per heavy atom. The van der Waals surface area contributed by atoms with Crippen molar-refractivity contribution in [3.63, 3.8) is 0 Å². The third kappa shape index (κ3) is 4.96. The minimum atomic E-state index is -0.442. The summed E-state index contributed by atoms with van der Waals surface area (Å²) in [5.74, 6) is -0.379. The number of benzene rings is 2. The van der Waals surface area contributed by atoms with Crippen LogP contribution in [-0.4, -0.2) is 37.0 Å². The van der Waals surface area contributed by atoms with Crippen molar-refractivity contribution < 1.29 is 13.9 Å². The Morgan fingerprint density at radius 1 is 1.19 bits per heavy atom. The van der Waals surface area contributed by atoms with Gasteiger partial charge in [0.2, 0.25) is 0 Å². The zero-order valence-corrected chi connectivity index (χ0v) is 15.2. The van der Waals surface area contributed by atoms with Crippen LogP contribution in [0.5, 0.6) is 5.75 Å². The average Bonchev–Trinajstić information content (AvgIpc) is 3.16. The van der Waals surface area contributed by atoms with Gasteiger partial charge in [0.1, 0.15) is 11.6 Å². The second-order valence-corrected chi connectivity index (χ2v) is 6.74. The molecule has 2 aromatic carbocycles. The number of halogens is 2. The van der Waals surface area contributed by atoms with Gasteiger partial charge in [-0.2, -0.15) is 0 Å². The van der Waals surface area contributed by atoms with Crippen molar-refractivity contribution in [1.82, 2.24) is 10.2 Å². The van der Waals surface area contributed by atoms with E-state index in [0.29, 0.717) is 12.3 Å². The Balaban J connectivity index is 1.55. The lowest BCUT2D eigenvalue weighted by Gasteiger charge is -2.28. The van der Waals surface area contributed by atoms with Gasteiger partial charge in [-0.25, -0.2) is 4.39 Å². The van der Waals surface area contributed by atoms with Crippen LogP contribution in [-0.2, 0) is 4.79 Å². The van der Waals surface area contributed by atoms with Crippen molar-refractivity contribution in [3.05, 3.63) is 64.9 Å². The number of likely N-dealkylation sites (tertiary alicyclic amines) is 1. The van der Waals surface area contributed by atoms with E-state index >= 15 is 0 Å². The normalized spacial score (nSPS) is 15.6. The number of nitrogens with zero attached hydrogens (tertiary/aromatic N) is 1. The van der Waals surface area contributed by atoms with Crippen LogP contribution in [0.2, 0.25) is 5.02 Å². The molecule has 1 aliphatic heterocycles. The molecule has 0 aromatic heterocycles. The van der Waals surface area contributed by atoms with Crippen molar-refractivity contribution in [3.8, 4) is 5.75 Å². The average molecular weight is 377 g/mol. The topological polar surface area (TPSA) is 41.6 Å². The van der Waals surface area contributed by atoms with Crippen LogP contribution in [0, 0.1) is 5.82 Å². The van der Waals surface area contributed by atoms with Crippen LogP contribution >= 0.6 is 11.6 Å². The molecule has 0 spiro atoms. The van der Waals surface area contributed by atoms with Crippen LogP contribution < -0.4 is 10.1 Å². The Morgan fingerprint density at radius 3 is 2.62 bits per heavy atom. The molecule has 26 heavy (non-hydrogen) atoms. The predicted octanol–water partition coefficient (Wildman–Crippen LogP) is 3.81. The minimum absolute atomic E-state index is 0.150. The molecular formula is C20H22ClFN2O2. The number of nitrogens with one attached hydrogen (secondary N) is 1. The van der Waals surface area contributed by atoms with Crippen molar-refractivity contribution in [1.29, 1.82) is 0 Å². The second kappa shape index (κ2) is 9.01. The van der Waals surface area contributed by atoms with Crippen molar-refractivity contribution in [2.24, 2.45) is 0 Å². The molecule has 1 aliphatic rings. The highest BCUT2D eigenvalue weighted by molar-refractivity contribution is 6.32. The summed E-state index contributed by atoms with van der Waals surface area (Å²) >= 11 is 5.90. The van der Waals surface area contributed by atoms with Crippen molar-refractivity contribution >= 4 is 17.5 Å². The van der Waals surface area contributed by atoms with Gasteiger partial charge in [0.05, 0.1) is 11.1 Å². The summed E-state index contributed by atoms with van der Waals surface area (Å²) in [7, 11) is 0. The molecule has 6 heteroatoms.